The number of halogens is 1. The third-order valence-corrected chi connectivity index (χ3v) is 10.1. The van der Waals surface area contributed by atoms with Gasteiger partial charge in [-0.05, 0) is 79.9 Å². The van der Waals surface area contributed by atoms with E-state index in [2.05, 4.69) is 19.5 Å². The minimum absolute atomic E-state index is 0.0687. The highest BCUT2D eigenvalue weighted by molar-refractivity contribution is 7.93. The van der Waals surface area contributed by atoms with Crippen LogP contribution >= 0.6 is 11.3 Å². The number of hydrogen-bond donors (Lipinski definition) is 1. The number of nitrogens with zero attached hydrogens (tertiary/aromatic N) is 4. The van der Waals surface area contributed by atoms with E-state index >= 15 is 0 Å². The fraction of sp³-hybridized carbons (Fsp3) is 0.310. The van der Waals surface area contributed by atoms with Crippen molar-refractivity contribution in [2.24, 2.45) is 0 Å². The molecule has 2 aliphatic heterocycles. The predicted octanol–water partition coefficient (Wildman–Crippen LogP) is 4.73. The summed E-state index contributed by atoms with van der Waals surface area (Å²) in [5.41, 5.74) is 3.56. The van der Waals surface area contributed by atoms with Crippen molar-refractivity contribution in [2.75, 3.05) is 47.2 Å². The van der Waals surface area contributed by atoms with Gasteiger partial charge in [0.2, 0.25) is 5.91 Å². The van der Waals surface area contributed by atoms with E-state index in [0.717, 1.165) is 46.5 Å². The molecular formula is C29H30FN5O3S2. The van der Waals surface area contributed by atoms with Crippen LogP contribution in [0.1, 0.15) is 18.9 Å². The minimum Gasteiger partial charge on any atom is -0.368 e. The summed E-state index contributed by atoms with van der Waals surface area (Å²) in [5.74, 6) is -0.176. The lowest BCUT2D eigenvalue weighted by Gasteiger charge is -2.41. The minimum atomic E-state index is -3.77. The number of amides is 1. The van der Waals surface area contributed by atoms with Gasteiger partial charge in [0.1, 0.15) is 11.9 Å². The molecule has 40 heavy (non-hydrogen) atoms. The SMILES string of the molecule is C[C@@H](C(=O)N1CCN(c2ccc(S(=O)(=O)Nc3nc4ccccc4s3)cc2)CC1)N1CCCc2cc(F)ccc21. The van der Waals surface area contributed by atoms with Crippen molar-refractivity contribution in [1.29, 1.82) is 0 Å². The molecule has 1 saturated heterocycles. The van der Waals surface area contributed by atoms with Gasteiger partial charge in [0, 0.05) is 44.1 Å². The number of sulfonamides is 1. The van der Waals surface area contributed by atoms with E-state index in [1.54, 1.807) is 36.4 Å². The predicted molar refractivity (Wildman–Crippen MR) is 157 cm³/mol. The van der Waals surface area contributed by atoms with Gasteiger partial charge in [0.15, 0.2) is 5.13 Å². The monoisotopic (exact) mass is 579 g/mol. The van der Waals surface area contributed by atoms with Crippen LogP contribution in [-0.2, 0) is 21.2 Å². The molecule has 6 rings (SSSR count). The van der Waals surface area contributed by atoms with Gasteiger partial charge in [-0.15, -0.1) is 0 Å². The summed E-state index contributed by atoms with van der Waals surface area (Å²) in [4.78, 5) is 24.1. The zero-order valence-corrected chi connectivity index (χ0v) is 23.7. The Morgan fingerprint density at radius 3 is 2.50 bits per heavy atom. The highest BCUT2D eigenvalue weighted by atomic mass is 32.2. The standard InChI is InChI=1S/C29H30FN5O3S2/c1-20(35-14-4-5-21-19-22(30)8-13-26(21)35)28(36)34-17-15-33(16-18-34)23-9-11-24(12-10-23)40(37,38)32-29-31-25-6-2-3-7-27(25)39-29/h2-3,6-13,19-20H,4-5,14-18H2,1H3,(H,31,32)/t20-/m0/s1. The number of rotatable bonds is 6. The fourth-order valence-corrected chi connectivity index (χ4v) is 7.61. The van der Waals surface area contributed by atoms with E-state index in [-0.39, 0.29) is 22.7 Å². The van der Waals surface area contributed by atoms with Crippen molar-refractivity contribution in [3.05, 3.63) is 78.1 Å². The van der Waals surface area contributed by atoms with Crippen LogP contribution in [0.25, 0.3) is 10.2 Å². The summed E-state index contributed by atoms with van der Waals surface area (Å²) in [6, 6.07) is 18.8. The number of nitrogens with one attached hydrogen (secondary N) is 1. The van der Waals surface area contributed by atoms with E-state index in [4.69, 9.17) is 0 Å². The molecule has 4 aromatic rings. The number of para-hydroxylation sites is 1. The zero-order chi connectivity index (χ0) is 27.9. The molecule has 1 N–H and O–H groups in total. The van der Waals surface area contributed by atoms with Crippen molar-refractivity contribution in [3.8, 4) is 0 Å². The van der Waals surface area contributed by atoms with Crippen molar-refractivity contribution < 1.29 is 17.6 Å². The van der Waals surface area contributed by atoms with Gasteiger partial charge >= 0.3 is 0 Å². The zero-order valence-electron chi connectivity index (χ0n) is 22.1. The smallest absolute Gasteiger partial charge is 0.263 e. The maximum Gasteiger partial charge on any atom is 0.263 e. The van der Waals surface area contributed by atoms with Crippen molar-refractivity contribution in [2.45, 2.75) is 30.7 Å². The molecule has 0 bridgehead atoms. The van der Waals surface area contributed by atoms with E-state index in [1.807, 2.05) is 36.1 Å². The number of benzene rings is 3. The van der Waals surface area contributed by atoms with Crippen LogP contribution in [0.2, 0.25) is 0 Å². The average molecular weight is 580 g/mol. The molecule has 1 amide bonds. The molecule has 208 valence electrons. The first kappa shape index (κ1) is 26.5. The second-order valence-corrected chi connectivity index (χ2v) is 12.9. The molecule has 3 heterocycles. The van der Waals surface area contributed by atoms with E-state index in [9.17, 15) is 17.6 Å². The molecule has 0 aliphatic carbocycles. The van der Waals surface area contributed by atoms with Gasteiger partial charge in [-0.25, -0.2) is 17.8 Å². The molecule has 1 aromatic heterocycles. The van der Waals surface area contributed by atoms with Crippen LogP contribution in [0.15, 0.2) is 71.6 Å². The largest absolute Gasteiger partial charge is 0.368 e. The number of carbonyl (C=O) groups is 1. The Morgan fingerprint density at radius 1 is 1.00 bits per heavy atom. The normalized spacial score (nSPS) is 16.6. The maximum absolute atomic E-state index is 13.7. The van der Waals surface area contributed by atoms with E-state index < -0.39 is 10.0 Å². The Morgan fingerprint density at radius 2 is 1.75 bits per heavy atom. The summed E-state index contributed by atoms with van der Waals surface area (Å²) >= 11 is 1.30. The average Bonchev–Trinajstić information content (AvgIpc) is 3.37. The first-order chi connectivity index (χ1) is 19.3. The second kappa shape index (κ2) is 10.7. The highest BCUT2D eigenvalue weighted by Crippen LogP contribution is 2.31. The number of anilines is 3. The third-order valence-electron chi connectivity index (χ3n) is 7.64. The lowest BCUT2D eigenvalue weighted by molar-refractivity contribution is -0.132. The van der Waals surface area contributed by atoms with Crippen LogP contribution in [0.4, 0.5) is 20.9 Å². The number of thiazole rings is 1. The molecule has 3 aromatic carbocycles. The summed E-state index contributed by atoms with van der Waals surface area (Å²) in [6.45, 7) is 5.15. The Kier molecular flexibility index (Phi) is 7.09. The van der Waals surface area contributed by atoms with Crippen molar-refractivity contribution in [3.63, 3.8) is 0 Å². The van der Waals surface area contributed by atoms with Gasteiger partial charge in [0.05, 0.1) is 15.1 Å². The van der Waals surface area contributed by atoms with Crippen LogP contribution in [0.5, 0.6) is 0 Å². The fourth-order valence-electron chi connectivity index (χ4n) is 5.51. The van der Waals surface area contributed by atoms with Gasteiger partial charge in [0.25, 0.3) is 10.0 Å². The first-order valence-corrected chi connectivity index (χ1v) is 15.7. The lowest BCUT2D eigenvalue weighted by Crippen LogP contribution is -2.55. The molecule has 0 spiro atoms. The maximum atomic E-state index is 13.7. The number of aryl methyl sites for hydroxylation is 1. The number of fused-ring (bicyclic) bond motifs is 2. The van der Waals surface area contributed by atoms with E-state index in [0.29, 0.717) is 31.3 Å². The molecule has 0 unspecified atom stereocenters. The summed E-state index contributed by atoms with van der Waals surface area (Å²) in [5, 5.41) is 0.334. The summed E-state index contributed by atoms with van der Waals surface area (Å²) in [6.07, 6.45) is 1.71. The van der Waals surface area contributed by atoms with E-state index in [1.165, 1.54) is 17.4 Å². The van der Waals surface area contributed by atoms with Crippen molar-refractivity contribution >= 4 is 54.0 Å². The van der Waals surface area contributed by atoms with Gasteiger partial charge < -0.3 is 14.7 Å². The number of piperazine rings is 1. The van der Waals surface area contributed by atoms with Crippen LogP contribution in [-0.4, -0.2) is 63.0 Å². The number of hydrogen-bond acceptors (Lipinski definition) is 7. The topological polar surface area (TPSA) is 85.8 Å². The Labute approximate surface area is 237 Å². The Hall–Kier alpha value is -3.70. The number of carbonyl (C=O) groups excluding carboxylic acids is 1. The second-order valence-electron chi connectivity index (χ2n) is 10.1. The van der Waals surface area contributed by atoms with Gasteiger partial charge in [-0.3, -0.25) is 9.52 Å². The molecule has 1 atom stereocenters. The molecule has 1 fully saturated rings. The number of aromatic nitrogens is 1. The molecular weight excluding hydrogens is 549 g/mol. The molecule has 2 aliphatic rings. The molecule has 0 radical (unpaired) electrons. The molecule has 11 heteroatoms. The Bertz CT molecular complexity index is 1620. The third kappa shape index (κ3) is 5.23. The van der Waals surface area contributed by atoms with Crippen LogP contribution < -0.4 is 14.5 Å². The van der Waals surface area contributed by atoms with Gasteiger partial charge in [-0.1, -0.05) is 23.5 Å². The molecule has 0 saturated carbocycles. The van der Waals surface area contributed by atoms with Gasteiger partial charge in [-0.2, -0.15) is 0 Å². The quantitative estimate of drug-likeness (QED) is 0.356. The van der Waals surface area contributed by atoms with Crippen LogP contribution in [0, 0.1) is 5.82 Å². The highest BCUT2D eigenvalue weighted by Gasteiger charge is 2.31. The molecule has 8 nitrogen and oxygen atoms in total. The summed E-state index contributed by atoms with van der Waals surface area (Å²) in [7, 11) is -3.77. The van der Waals surface area contributed by atoms with Crippen molar-refractivity contribution in [1.82, 2.24) is 9.88 Å². The lowest BCUT2D eigenvalue weighted by atomic mass is 9.99. The first-order valence-electron chi connectivity index (χ1n) is 13.4. The summed E-state index contributed by atoms with van der Waals surface area (Å²) < 4.78 is 43.1. The van der Waals surface area contributed by atoms with Crippen LogP contribution in [0.3, 0.4) is 0 Å². The Balaban J connectivity index is 1.07.